The molecule has 0 radical (unpaired) electrons. The Morgan fingerprint density at radius 1 is 0.160 bits per heavy atom. The number of rotatable bonds is 8. The standard InChI is InChI=1S/C48H34N2/c1-3-7-35(8-4-1)37-11-15-39(16-12-37)41-19-23-43(24-20-41)45-27-31-47(32-28-45)49-50-48-33-29-46(30-34-48)44-25-21-42(22-26-44)40-17-13-38(14-18-40)36-9-5-2-6-10-36/h1-34H. The minimum atomic E-state index is 0.820. The number of nitrogens with zero attached hydrogens (tertiary/aromatic N) is 2. The van der Waals surface area contributed by atoms with Gasteiger partial charge in [-0.1, -0.05) is 182 Å². The van der Waals surface area contributed by atoms with Gasteiger partial charge in [0, 0.05) is 0 Å². The molecule has 0 amide bonds. The Bertz CT molecular complexity index is 2150. The van der Waals surface area contributed by atoms with E-state index in [9.17, 15) is 0 Å². The third-order valence-corrected chi connectivity index (χ3v) is 9.10. The zero-order valence-electron chi connectivity index (χ0n) is 27.5. The molecule has 0 bridgehead atoms. The van der Waals surface area contributed by atoms with Crippen LogP contribution >= 0.6 is 0 Å². The minimum Gasteiger partial charge on any atom is -0.151 e. The van der Waals surface area contributed by atoms with E-state index >= 15 is 0 Å². The molecule has 8 rings (SSSR count). The highest BCUT2D eigenvalue weighted by atomic mass is 15.1. The molecular formula is C48H34N2. The summed E-state index contributed by atoms with van der Waals surface area (Å²) in [5.41, 5.74) is 16.0. The second kappa shape index (κ2) is 14.2. The highest BCUT2D eigenvalue weighted by Crippen LogP contribution is 2.31. The normalized spacial score (nSPS) is 11.1. The van der Waals surface area contributed by atoms with Gasteiger partial charge >= 0.3 is 0 Å². The van der Waals surface area contributed by atoms with Crippen LogP contribution in [0, 0.1) is 0 Å². The average molecular weight is 639 g/mol. The van der Waals surface area contributed by atoms with Crippen LogP contribution < -0.4 is 0 Å². The first-order valence-electron chi connectivity index (χ1n) is 16.9. The van der Waals surface area contributed by atoms with Crippen LogP contribution in [0.2, 0.25) is 0 Å². The van der Waals surface area contributed by atoms with Crippen molar-refractivity contribution in [3.8, 4) is 66.8 Å². The van der Waals surface area contributed by atoms with Crippen molar-refractivity contribution in [2.75, 3.05) is 0 Å². The molecule has 0 saturated carbocycles. The second-order valence-corrected chi connectivity index (χ2v) is 12.3. The van der Waals surface area contributed by atoms with E-state index in [4.69, 9.17) is 0 Å². The van der Waals surface area contributed by atoms with Gasteiger partial charge in [-0.2, -0.15) is 10.2 Å². The van der Waals surface area contributed by atoms with Crippen molar-refractivity contribution < 1.29 is 0 Å². The fourth-order valence-electron chi connectivity index (χ4n) is 6.24. The molecule has 236 valence electrons. The Morgan fingerprint density at radius 2 is 0.320 bits per heavy atom. The molecule has 0 N–H and O–H groups in total. The van der Waals surface area contributed by atoms with Gasteiger partial charge in [-0.15, -0.1) is 0 Å². The fourth-order valence-corrected chi connectivity index (χ4v) is 6.24. The zero-order chi connectivity index (χ0) is 33.5. The molecule has 0 aromatic heterocycles. The van der Waals surface area contributed by atoms with Gasteiger partial charge in [-0.25, -0.2) is 0 Å². The Balaban J connectivity index is 0.881. The molecule has 0 unspecified atom stereocenters. The summed E-state index contributed by atoms with van der Waals surface area (Å²) in [6.07, 6.45) is 0. The number of hydrogen-bond acceptors (Lipinski definition) is 2. The van der Waals surface area contributed by atoms with Crippen LogP contribution in [0.15, 0.2) is 216 Å². The van der Waals surface area contributed by atoms with Crippen molar-refractivity contribution in [2.45, 2.75) is 0 Å². The summed E-state index contributed by atoms with van der Waals surface area (Å²) in [7, 11) is 0. The monoisotopic (exact) mass is 638 g/mol. The van der Waals surface area contributed by atoms with Crippen LogP contribution in [-0.2, 0) is 0 Å². The van der Waals surface area contributed by atoms with Gasteiger partial charge < -0.3 is 0 Å². The summed E-state index contributed by atoms with van der Waals surface area (Å²) in [6.45, 7) is 0. The molecule has 8 aromatic rings. The van der Waals surface area contributed by atoms with E-state index in [1.807, 2.05) is 36.4 Å². The lowest BCUT2D eigenvalue weighted by atomic mass is 9.98. The van der Waals surface area contributed by atoms with E-state index in [2.05, 4.69) is 180 Å². The van der Waals surface area contributed by atoms with E-state index in [0.717, 1.165) is 22.5 Å². The highest BCUT2D eigenvalue weighted by molar-refractivity contribution is 5.75. The molecule has 50 heavy (non-hydrogen) atoms. The minimum absolute atomic E-state index is 0.820. The predicted molar refractivity (Wildman–Crippen MR) is 210 cm³/mol. The molecular weight excluding hydrogens is 605 g/mol. The summed E-state index contributed by atoms with van der Waals surface area (Å²) < 4.78 is 0. The highest BCUT2D eigenvalue weighted by Gasteiger charge is 2.05. The van der Waals surface area contributed by atoms with Crippen molar-refractivity contribution in [3.63, 3.8) is 0 Å². The predicted octanol–water partition coefficient (Wildman–Crippen LogP) is 14.1. The van der Waals surface area contributed by atoms with E-state index < -0.39 is 0 Å². The number of benzene rings is 8. The van der Waals surface area contributed by atoms with Gasteiger partial charge in [0.05, 0.1) is 11.4 Å². The third-order valence-electron chi connectivity index (χ3n) is 9.10. The Morgan fingerprint density at radius 3 is 0.520 bits per heavy atom. The molecule has 0 aliphatic heterocycles. The molecule has 0 aliphatic carbocycles. The summed E-state index contributed by atoms with van der Waals surface area (Å²) in [4.78, 5) is 0. The van der Waals surface area contributed by atoms with Crippen LogP contribution in [0.5, 0.6) is 0 Å². The topological polar surface area (TPSA) is 24.7 Å². The summed E-state index contributed by atoms with van der Waals surface area (Å²) in [6, 6.07) is 72.3. The lowest BCUT2D eigenvalue weighted by Crippen LogP contribution is -1.82. The molecule has 0 fully saturated rings. The van der Waals surface area contributed by atoms with Gasteiger partial charge in [0.25, 0.3) is 0 Å². The van der Waals surface area contributed by atoms with Crippen molar-refractivity contribution in [1.29, 1.82) is 0 Å². The summed E-state index contributed by atoms with van der Waals surface area (Å²) >= 11 is 0. The van der Waals surface area contributed by atoms with E-state index in [1.54, 1.807) is 0 Å². The molecule has 0 atom stereocenters. The molecule has 2 nitrogen and oxygen atoms in total. The lowest BCUT2D eigenvalue weighted by molar-refractivity contribution is 1.23. The van der Waals surface area contributed by atoms with E-state index in [1.165, 1.54) is 55.6 Å². The quantitative estimate of drug-likeness (QED) is 0.148. The van der Waals surface area contributed by atoms with Crippen molar-refractivity contribution in [2.24, 2.45) is 10.2 Å². The van der Waals surface area contributed by atoms with Crippen molar-refractivity contribution >= 4 is 11.4 Å². The Labute approximate surface area is 293 Å². The summed E-state index contributed by atoms with van der Waals surface area (Å²) in [5.74, 6) is 0. The van der Waals surface area contributed by atoms with Crippen LogP contribution in [0.25, 0.3) is 66.8 Å². The first-order chi connectivity index (χ1) is 24.7. The lowest BCUT2D eigenvalue weighted by Gasteiger charge is -2.07. The van der Waals surface area contributed by atoms with Crippen molar-refractivity contribution in [3.05, 3.63) is 206 Å². The van der Waals surface area contributed by atoms with Crippen LogP contribution in [-0.4, -0.2) is 0 Å². The third kappa shape index (κ3) is 6.96. The first kappa shape index (κ1) is 30.7. The maximum atomic E-state index is 4.49. The number of azo groups is 1. The SMILES string of the molecule is c1ccc(-c2ccc(-c3ccc(-c4ccc(N=Nc5ccc(-c6ccc(-c7ccc(-c8ccccc8)cc7)cc6)cc5)cc4)cc3)cc2)cc1. The van der Waals surface area contributed by atoms with E-state index in [-0.39, 0.29) is 0 Å². The average Bonchev–Trinajstić information content (AvgIpc) is 3.21. The zero-order valence-corrected chi connectivity index (χ0v) is 27.5. The van der Waals surface area contributed by atoms with Gasteiger partial charge in [-0.3, -0.25) is 0 Å². The Hall–Kier alpha value is -6.64. The number of hydrogen-bond donors (Lipinski definition) is 0. The molecule has 2 heteroatoms. The van der Waals surface area contributed by atoms with Crippen LogP contribution in [0.1, 0.15) is 0 Å². The maximum Gasteiger partial charge on any atom is 0.0857 e. The molecule has 8 aromatic carbocycles. The van der Waals surface area contributed by atoms with Crippen LogP contribution in [0.3, 0.4) is 0 Å². The van der Waals surface area contributed by atoms with E-state index in [0.29, 0.717) is 0 Å². The largest absolute Gasteiger partial charge is 0.151 e. The maximum absolute atomic E-state index is 4.49. The molecule has 0 heterocycles. The van der Waals surface area contributed by atoms with Crippen LogP contribution in [0.4, 0.5) is 11.4 Å². The van der Waals surface area contributed by atoms with Crippen molar-refractivity contribution in [1.82, 2.24) is 0 Å². The molecule has 0 saturated heterocycles. The smallest absolute Gasteiger partial charge is 0.0857 e. The fraction of sp³-hybridized carbons (Fsp3) is 0. The Kier molecular flexibility index (Phi) is 8.73. The second-order valence-electron chi connectivity index (χ2n) is 12.3. The van der Waals surface area contributed by atoms with Gasteiger partial charge in [0.15, 0.2) is 0 Å². The van der Waals surface area contributed by atoms with Gasteiger partial charge in [0.1, 0.15) is 0 Å². The van der Waals surface area contributed by atoms with Gasteiger partial charge in [-0.05, 0) is 91.0 Å². The first-order valence-corrected chi connectivity index (χ1v) is 16.9. The summed E-state index contributed by atoms with van der Waals surface area (Å²) in [5, 5.41) is 8.98. The van der Waals surface area contributed by atoms with Gasteiger partial charge in [0.2, 0.25) is 0 Å². The molecule has 0 spiro atoms. The molecule has 0 aliphatic rings.